The minimum Gasteiger partial charge on any atom is -0.473 e. The van der Waals surface area contributed by atoms with Crippen LogP contribution in [-0.4, -0.2) is 23.1 Å². The molecule has 0 saturated heterocycles. The fraction of sp³-hybridized carbons (Fsp3) is 0.667. The van der Waals surface area contributed by atoms with E-state index in [0.717, 1.165) is 0 Å². The van der Waals surface area contributed by atoms with Crippen LogP contribution in [0.4, 0.5) is 0 Å². The van der Waals surface area contributed by atoms with Crippen LogP contribution in [0.3, 0.4) is 0 Å². The highest BCUT2D eigenvalue weighted by Gasteiger charge is 1.97. The van der Waals surface area contributed by atoms with Crippen molar-refractivity contribution in [2.24, 2.45) is 0 Å². The Morgan fingerprint density at radius 1 is 1.67 bits per heavy atom. The van der Waals surface area contributed by atoms with Crippen LogP contribution in [0, 0.1) is 0 Å². The molecule has 54 valence electrons. The molecule has 3 heteroatoms. The predicted octanol–water partition coefficient (Wildman–Crippen LogP) is 0.237. The van der Waals surface area contributed by atoms with Crippen molar-refractivity contribution in [3.8, 4) is 0 Å². The number of aliphatic hydroxyl groups is 2. The van der Waals surface area contributed by atoms with E-state index in [0.29, 0.717) is 0 Å². The zero-order valence-electron chi connectivity index (χ0n) is 5.45. The van der Waals surface area contributed by atoms with Crippen LogP contribution in [0.15, 0.2) is 12.3 Å². The second-order valence-electron chi connectivity index (χ2n) is 1.57. The molecule has 9 heavy (non-hydrogen) atoms. The van der Waals surface area contributed by atoms with Crippen molar-refractivity contribution < 1.29 is 14.9 Å². The fourth-order valence-corrected chi connectivity index (χ4v) is 0.348. The average Bonchev–Trinajstić information content (AvgIpc) is 1.85. The summed E-state index contributed by atoms with van der Waals surface area (Å²) in [6.07, 6.45) is 2.44. The van der Waals surface area contributed by atoms with Gasteiger partial charge >= 0.3 is 0 Å². The summed E-state index contributed by atoms with van der Waals surface area (Å²) in [5.74, 6) is 0. The Balaban J connectivity index is 3.15. The van der Waals surface area contributed by atoms with Gasteiger partial charge in [-0.3, -0.25) is 0 Å². The first-order valence-corrected chi connectivity index (χ1v) is 2.86. The standard InChI is InChI=1S/C6H12O3/c1-2-5-9-6(8)3-4-7/h2,5-8H,3-4H2,1H3. The molecule has 0 amide bonds. The van der Waals surface area contributed by atoms with Gasteiger partial charge in [-0.25, -0.2) is 0 Å². The fourth-order valence-electron chi connectivity index (χ4n) is 0.348. The molecule has 3 nitrogen and oxygen atoms in total. The van der Waals surface area contributed by atoms with Gasteiger partial charge in [-0.15, -0.1) is 0 Å². The zero-order valence-corrected chi connectivity index (χ0v) is 5.45. The smallest absolute Gasteiger partial charge is 0.198 e. The minimum atomic E-state index is -0.869. The molecule has 0 spiro atoms. The maximum absolute atomic E-state index is 8.75. The molecular weight excluding hydrogens is 120 g/mol. The monoisotopic (exact) mass is 132 g/mol. The second kappa shape index (κ2) is 5.59. The van der Waals surface area contributed by atoms with Gasteiger partial charge in [-0.05, 0) is 6.92 Å². The summed E-state index contributed by atoms with van der Waals surface area (Å²) in [6, 6.07) is 0. The molecule has 0 bridgehead atoms. The Labute approximate surface area is 54.6 Å². The van der Waals surface area contributed by atoms with E-state index in [1.807, 2.05) is 0 Å². The van der Waals surface area contributed by atoms with Gasteiger partial charge in [-0.1, -0.05) is 6.08 Å². The topological polar surface area (TPSA) is 49.7 Å². The highest BCUT2D eigenvalue weighted by molar-refractivity contribution is 4.65. The van der Waals surface area contributed by atoms with E-state index in [1.54, 1.807) is 13.0 Å². The Bertz CT molecular complexity index is 80.4. The zero-order chi connectivity index (χ0) is 7.11. The lowest BCUT2D eigenvalue weighted by atomic mass is 10.4. The number of hydrogen-bond donors (Lipinski definition) is 2. The average molecular weight is 132 g/mol. The summed E-state index contributed by atoms with van der Waals surface area (Å²) in [7, 11) is 0. The van der Waals surface area contributed by atoms with E-state index < -0.39 is 6.29 Å². The Morgan fingerprint density at radius 2 is 2.33 bits per heavy atom. The van der Waals surface area contributed by atoms with Gasteiger partial charge < -0.3 is 14.9 Å². The van der Waals surface area contributed by atoms with Gasteiger partial charge in [0.2, 0.25) is 0 Å². The van der Waals surface area contributed by atoms with Gasteiger partial charge in [0.25, 0.3) is 0 Å². The number of allylic oxidation sites excluding steroid dienone is 1. The third-order valence-electron chi connectivity index (χ3n) is 0.748. The van der Waals surface area contributed by atoms with Crippen molar-refractivity contribution in [1.29, 1.82) is 0 Å². The largest absolute Gasteiger partial charge is 0.473 e. The molecular formula is C6H12O3. The Hall–Kier alpha value is -0.540. The van der Waals surface area contributed by atoms with Crippen molar-refractivity contribution in [2.75, 3.05) is 6.61 Å². The van der Waals surface area contributed by atoms with E-state index in [-0.39, 0.29) is 13.0 Å². The number of ether oxygens (including phenoxy) is 1. The molecule has 0 fully saturated rings. The number of rotatable bonds is 4. The normalized spacial score (nSPS) is 14.1. The number of hydrogen-bond acceptors (Lipinski definition) is 3. The van der Waals surface area contributed by atoms with Crippen LogP contribution in [0.25, 0.3) is 0 Å². The molecule has 0 aliphatic rings. The third-order valence-corrected chi connectivity index (χ3v) is 0.748. The summed E-state index contributed by atoms with van der Waals surface area (Å²) in [5, 5.41) is 17.0. The lowest BCUT2D eigenvalue weighted by Crippen LogP contribution is -2.09. The van der Waals surface area contributed by atoms with Crippen molar-refractivity contribution in [3.05, 3.63) is 12.3 Å². The first-order valence-electron chi connectivity index (χ1n) is 2.86. The van der Waals surface area contributed by atoms with Crippen molar-refractivity contribution >= 4 is 0 Å². The predicted molar refractivity (Wildman–Crippen MR) is 33.6 cm³/mol. The highest BCUT2D eigenvalue weighted by atomic mass is 16.6. The van der Waals surface area contributed by atoms with Crippen molar-refractivity contribution in [1.82, 2.24) is 0 Å². The van der Waals surface area contributed by atoms with Crippen molar-refractivity contribution in [2.45, 2.75) is 19.6 Å². The van der Waals surface area contributed by atoms with Gasteiger partial charge in [0, 0.05) is 13.0 Å². The third kappa shape index (κ3) is 5.33. The van der Waals surface area contributed by atoms with E-state index in [1.165, 1.54) is 6.26 Å². The van der Waals surface area contributed by atoms with Crippen LogP contribution in [0.5, 0.6) is 0 Å². The van der Waals surface area contributed by atoms with Gasteiger partial charge in [0.15, 0.2) is 6.29 Å². The maximum atomic E-state index is 8.75. The lowest BCUT2D eigenvalue weighted by molar-refractivity contribution is -0.0640. The maximum Gasteiger partial charge on any atom is 0.198 e. The SMILES string of the molecule is CC=COC(O)CCO. The first-order chi connectivity index (χ1) is 4.31. The lowest BCUT2D eigenvalue weighted by Gasteiger charge is -2.06. The van der Waals surface area contributed by atoms with Crippen LogP contribution in [0.1, 0.15) is 13.3 Å². The Morgan fingerprint density at radius 3 is 2.78 bits per heavy atom. The highest BCUT2D eigenvalue weighted by Crippen LogP contribution is 1.92. The molecule has 0 radical (unpaired) electrons. The Kier molecular flexibility index (Phi) is 5.26. The molecule has 0 aromatic heterocycles. The summed E-state index contributed by atoms with van der Waals surface area (Å²) in [5.41, 5.74) is 0. The molecule has 0 heterocycles. The summed E-state index contributed by atoms with van der Waals surface area (Å²) < 4.78 is 4.65. The molecule has 0 aromatic rings. The summed E-state index contributed by atoms with van der Waals surface area (Å²) in [6.45, 7) is 1.73. The van der Waals surface area contributed by atoms with E-state index in [4.69, 9.17) is 10.2 Å². The van der Waals surface area contributed by atoms with Crippen LogP contribution in [0.2, 0.25) is 0 Å². The second-order valence-corrected chi connectivity index (χ2v) is 1.57. The molecule has 0 aromatic carbocycles. The van der Waals surface area contributed by atoms with E-state index in [9.17, 15) is 0 Å². The van der Waals surface area contributed by atoms with E-state index >= 15 is 0 Å². The molecule has 0 aliphatic carbocycles. The summed E-state index contributed by atoms with van der Waals surface area (Å²) >= 11 is 0. The van der Waals surface area contributed by atoms with Crippen molar-refractivity contribution in [3.63, 3.8) is 0 Å². The molecule has 1 unspecified atom stereocenters. The van der Waals surface area contributed by atoms with Gasteiger partial charge in [0.1, 0.15) is 0 Å². The van der Waals surface area contributed by atoms with Gasteiger partial charge in [0.05, 0.1) is 6.26 Å². The van der Waals surface area contributed by atoms with Crippen LogP contribution >= 0.6 is 0 Å². The van der Waals surface area contributed by atoms with E-state index in [2.05, 4.69) is 4.74 Å². The van der Waals surface area contributed by atoms with Gasteiger partial charge in [-0.2, -0.15) is 0 Å². The first kappa shape index (κ1) is 8.46. The summed E-state index contributed by atoms with van der Waals surface area (Å²) in [4.78, 5) is 0. The molecule has 0 rings (SSSR count). The minimum absolute atomic E-state index is 0.0568. The van der Waals surface area contributed by atoms with Crippen LogP contribution in [-0.2, 0) is 4.74 Å². The molecule has 1 atom stereocenters. The van der Waals surface area contributed by atoms with Crippen LogP contribution < -0.4 is 0 Å². The molecule has 0 aliphatic heterocycles. The molecule has 2 N–H and O–H groups in total. The number of aliphatic hydroxyl groups excluding tert-OH is 2. The quantitative estimate of drug-likeness (QED) is 0.425. The molecule has 0 saturated carbocycles.